The molecule has 3 heterocycles. The molecule has 102 valence electrons. The molecule has 0 aromatic carbocycles. The maximum Gasteiger partial charge on any atom is 0.167 e. The number of hydrogen-bond donors (Lipinski definition) is 1. The molecule has 3 rings (SSSR count). The molecule has 0 saturated heterocycles. The Hall–Kier alpha value is -2.49. The number of aryl methyl sites for hydroxylation is 2. The van der Waals surface area contributed by atoms with Crippen molar-refractivity contribution in [2.24, 2.45) is 0 Å². The van der Waals surface area contributed by atoms with Crippen LogP contribution < -0.4 is 5.32 Å². The van der Waals surface area contributed by atoms with Crippen LogP contribution in [0.25, 0.3) is 0 Å². The summed E-state index contributed by atoms with van der Waals surface area (Å²) in [5, 5.41) is 25.0. The van der Waals surface area contributed by atoms with Crippen molar-refractivity contribution in [1.29, 1.82) is 5.26 Å². The van der Waals surface area contributed by atoms with Gasteiger partial charge in [-0.3, -0.25) is 0 Å². The zero-order valence-electron chi connectivity index (χ0n) is 11.5. The Morgan fingerprint density at radius 1 is 1.40 bits per heavy atom. The van der Waals surface area contributed by atoms with Crippen molar-refractivity contribution < 1.29 is 0 Å². The fourth-order valence-electron chi connectivity index (χ4n) is 2.40. The zero-order valence-corrected chi connectivity index (χ0v) is 11.5. The number of nitrogens with zero attached hydrogens (tertiary/aromatic N) is 6. The Morgan fingerprint density at radius 3 is 3.05 bits per heavy atom. The van der Waals surface area contributed by atoms with Gasteiger partial charge >= 0.3 is 0 Å². The third kappa shape index (κ3) is 2.09. The molecule has 1 aliphatic heterocycles. The summed E-state index contributed by atoms with van der Waals surface area (Å²) in [5.41, 5.74) is 2.23. The average Bonchev–Trinajstić information content (AvgIpc) is 2.91. The molecule has 0 spiro atoms. The zero-order chi connectivity index (χ0) is 14.1. The summed E-state index contributed by atoms with van der Waals surface area (Å²) in [7, 11) is 0. The Bertz CT molecular complexity index is 683. The largest absolute Gasteiger partial charge is 0.363 e. The van der Waals surface area contributed by atoms with Gasteiger partial charge in [0.2, 0.25) is 0 Å². The van der Waals surface area contributed by atoms with Crippen molar-refractivity contribution in [3.63, 3.8) is 0 Å². The van der Waals surface area contributed by atoms with Gasteiger partial charge in [-0.2, -0.15) is 15.5 Å². The molecule has 0 fully saturated rings. The quantitative estimate of drug-likeness (QED) is 0.873. The highest BCUT2D eigenvalue weighted by atomic mass is 15.3. The first-order valence-corrected chi connectivity index (χ1v) is 6.56. The third-order valence-electron chi connectivity index (χ3n) is 3.71. The topological polar surface area (TPSA) is 92.3 Å². The number of rotatable bonds is 2. The van der Waals surface area contributed by atoms with Crippen LogP contribution in [0.2, 0.25) is 0 Å². The first kappa shape index (κ1) is 12.5. The number of nitriles is 1. The van der Waals surface area contributed by atoms with E-state index in [0.29, 0.717) is 11.4 Å². The summed E-state index contributed by atoms with van der Waals surface area (Å²) in [6, 6.07) is 2.40. The molecule has 2 aromatic heterocycles. The third-order valence-corrected chi connectivity index (χ3v) is 3.71. The summed E-state index contributed by atoms with van der Waals surface area (Å²) in [5.74, 6) is 1.57. The van der Waals surface area contributed by atoms with E-state index in [1.165, 1.54) is 0 Å². The van der Waals surface area contributed by atoms with E-state index in [4.69, 9.17) is 0 Å². The lowest BCUT2D eigenvalue weighted by Crippen LogP contribution is -2.32. The molecule has 0 bridgehead atoms. The van der Waals surface area contributed by atoms with E-state index in [1.54, 1.807) is 6.33 Å². The van der Waals surface area contributed by atoms with Crippen LogP contribution in [0, 0.1) is 25.2 Å². The van der Waals surface area contributed by atoms with Crippen LogP contribution in [0.5, 0.6) is 0 Å². The standard InChI is InChI=1S/C13H15N7/c1-8-9(2)18-19-13(11(8)5-14)17-10-3-4-12-15-7-16-20(12)6-10/h7,10H,3-4,6H2,1-2H3,(H,17,19)/t10-/m1/s1. The maximum absolute atomic E-state index is 9.29. The molecular formula is C13H15N7. The van der Waals surface area contributed by atoms with Crippen LogP contribution in [0.3, 0.4) is 0 Å². The summed E-state index contributed by atoms with van der Waals surface area (Å²) >= 11 is 0. The highest BCUT2D eigenvalue weighted by molar-refractivity contribution is 5.56. The molecule has 0 radical (unpaired) electrons. The van der Waals surface area contributed by atoms with Crippen molar-refractivity contribution in [1.82, 2.24) is 25.0 Å². The van der Waals surface area contributed by atoms with Crippen LogP contribution in [0.15, 0.2) is 6.33 Å². The second-order valence-electron chi connectivity index (χ2n) is 4.98. The van der Waals surface area contributed by atoms with E-state index in [0.717, 1.165) is 36.5 Å². The van der Waals surface area contributed by atoms with Gasteiger partial charge in [-0.1, -0.05) is 0 Å². The van der Waals surface area contributed by atoms with Gasteiger partial charge in [0.1, 0.15) is 23.8 Å². The molecular weight excluding hydrogens is 254 g/mol. The van der Waals surface area contributed by atoms with Gasteiger partial charge in [-0.15, -0.1) is 5.10 Å². The van der Waals surface area contributed by atoms with E-state index in [1.807, 2.05) is 18.5 Å². The number of anilines is 1. The highest BCUT2D eigenvalue weighted by Crippen LogP contribution is 2.21. The number of hydrogen-bond acceptors (Lipinski definition) is 6. The Labute approximate surface area is 116 Å². The molecule has 2 aromatic rings. The van der Waals surface area contributed by atoms with Crippen molar-refractivity contribution in [2.75, 3.05) is 5.32 Å². The minimum Gasteiger partial charge on any atom is -0.363 e. The van der Waals surface area contributed by atoms with Crippen molar-refractivity contribution in [2.45, 2.75) is 39.3 Å². The summed E-state index contributed by atoms with van der Waals surface area (Å²) in [6.45, 7) is 4.48. The van der Waals surface area contributed by atoms with Crippen molar-refractivity contribution in [3.8, 4) is 6.07 Å². The summed E-state index contributed by atoms with van der Waals surface area (Å²) in [4.78, 5) is 4.20. The van der Waals surface area contributed by atoms with Gasteiger partial charge in [-0.25, -0.2) is 9.67 Å². The van der Waals surface area contributed by atoms with Crippen LogP contribution >= 0.6 is 0 Å². The van der Waals surface area contributed by atoms with Gasteiger partial charge in [0, 0.05) is 12.5 Å². The van der Waals surface area contributed by atoms with Crippen molar-refractivity contribution >= 4 is 5.82 Å². The second kappa shape index (κ2) is 4.89. The SMILES string of the molecule is Cc1nnc(N[C@@H]2CCc3ncnn3C2)c(C#N)c1C. The van der Waals surface area contributed by atoms with Crippen LogP contribution in [0.1, 0.15) is 29.1 Å². The normalized spacial score (nSPS) is 17.4. The molecule has 0 amide bonds. The second-order valence-corrected chi connectivity index (χ2v) is 4.98. The average molecular weight is 269 g/mol. The van der Waals surface area contributed by atoms with E-state index in [-0.39, 0.29) is 6.04 Å². The molecule has 7 heteroatoms. The fourth-order valence-corrected chi connectivity index (χ4v) is 2.40. The lowest BCUT2D eigenvalue weighted by Gasteiger charge is -2.24. The minimum atomic E-state index is 0.188. The van der Waals surface area contributed by atoms with Gasteiger partial charge in [0.05, 0.1) is 12.2 Å². The predicted molar refractivity (Wildman–Crippen MR) is 72.0 cm³/mol. The smallest absolute Gasteiger partial charge is 0.167 e. The molecule has 0 unspecified atom stereocenters. The maximum atomic E-state index is 9.29. The Balaban J connectivity index is 1.83. The Kier molecular flexibility index (Phi) is 3.06. The van der Waals surface area contributed by atoms with Gasteiger partial charge in [0.15, 0.2) is 5.82 Å². The summed E-state index contributed by atoms with van der Waals surface area (Å²) < 4.78 is 1.89. The Morgan fingerprint density at radius 2 is 2.25 bits per heavy atom. The molecule has 20 heavy (non-hydrogen) atoms. The fraction of sp³-hybridized carbons (Fsp3) is 0.462. The lowest BCUT2D eigenvalue weighted by molar-refractivity contribution is 0.440. The predicted octanol–water partition coefficient (Wildman–Crippen LogP) is 0.984. The number of aromatic nitrogens is 5. The van der Waals surface area contributed by atoms with Gasteiger partial charge < -0.3 is 5.32 Å². The molecule has 0 aliphatic carbocycles. The molecule has 1 atom stereocenters. The monoisotopic (exact) mass is 269 g/mol. The molecule has 7 nitrogen and oxygen atoms in total. The first-order chi connectivity index (χ1) is 9.69. The van der Waals surface area contributed by atoms with Crippen LogP contribution in [-0.4, -0.2) is 31.0 Å². The van der Waals surface area contributed by atoms with Crippen LogP contribution in [0.4, 0.5) is 5.82 Å². The lowest BCUT2D eigenvalue weighted by atomic mass is 10.1. The summed E-state index contributed by atoms with van der Waals surface area (Å²) in [6.07, 6.45) is 3.39. The van der Waals surface area contributed by atoms with Gasteiger partial charge in [0.25, 0.3) is 0 Å². The number of nitrogens with one attached hydrogen (secondary N) is 1. The highest BCUT2D eigenvalue weighted by Gasteiger charge is 2.21. The van der Waals surface area contributed by atoms with E-state index < -0.39 is 0 Å². The first-order valence-electron chi connectivity index (χ1n) is 6.56. The molecule has 1 N–H and O–H groups in total. The minimum absolute atomic E-state index is 0.188. The molecule has 1 aliphatic rings. The van der Waals surface area contributed by atoms with Crippen LogP contribution in [-0.2, 0) is 13.0 Å². The van der Waals surface area contributed by atoms with E-state index in [9.17, 15) is 5.26 Å². The van der Waals surface area contributed by atoms with Gasteiger partial charge in [-0.05, 0) is 25.8 Å². The number of fused-ring (bicyclic) bond motifs is 1. The van der Waals surface area contributed by atoms with E-state index in [2.05, 4.69) is 31.7 Å². The van der Waals surface area contributed by atoms with Crippen molar-refractivity contribution in [3.05, 3.63) is 29.0 Å². The molecule has 0 saturated carbocycles. The van der Waals surface area contributed by atoms with E-state index >= 15 is 0 Å².